The number of fused-ring (bicyclic) bond motifs is 12. The van der Waals surface area contributed by atoms with Gasteiger partial charge in [0.1, 0.15) is 0 Å². The lowest BCUT2D eigenvalue weighted by molar-refractivity contribution is 0.400. The molecule has 0 aliphatic carbocycles. The highest BCUT2D eigenvalue weighted by Crippen LogP contribution is 2.51. The van der Waals surface area contributed by atoms with E-state index in [4.69, 9.17) is 0 Å². The summed E-state index contributed by atoms with van der Waals surface area (Å²) < 4.78 is 8.28. The van der Waals surface area contributed by atoms with Crippen molar-refractivity contribution in [3.05, 3.63) is 144 Å². The molecule has 0 saturated carbocycles. The molecule has 0 spiro atoms. The molecule has 6 heteroatoms. The molecule has 10 aromatic rings. The molecule has 10 rings (SSSR count). The maximum absolute atomic E-state index is 9.95. The lowest BCUT2D eigenvalue weighted by Gasteiger charge is -2.20. The van der Waals surface area contributed by atoms with Gasteiger partial charge in [-0.25, -0.2) is 0 Å². The molecule has 3 unspecified atom stereocenters. The second-order valence-electron chi connectivity index (χ2n) is 21.5. The van der Waals surface area contributed by atoms with Gasteiger partial charge in [0.25, 0.3) is 0 Å². The monoisotopic (exact) mass is 985 g/mol. The normalized spacial score (nSPS) is 13.0. The van der Waals surface area contributed by atoms with Crippen LogP contribution in [0.1, 0.15) is 135 Å². The number of nitrogens with zero attached hydrogens (tertiary/aromatic N) is 6. The van der Waals surface area contributed by atoms with Crippen molar-refractivity contribution < 1.29 is 0 Å². The van der Waals surface area contributed by atoms with E-state index in [1.165, 1.54) is 110 Å². The molecule has 0 aliphatic heterocycles. The summed E-state index contributed by atoms with van der Waals surface area (Å²) in [6, 6.07) is 52.8. The SMILES string of the molecule is CCCCC(CC)Cn1c2ccc(-c3ccc(C#N)cc3)cc2c2c1c1c3cccc(-c4ccc(C#N)cc4)c3n(CC(CC)CCCC)c1c1c3ccc(-c4ccc(C#N)cc4)cc3n(CC(CC)CCCC)c21. The van der Waals surface area contributed by atoms with Crippen LogP contribution in [-0.2, 0) is 19.6 Å². The van der Waals surface area contributed by atoms with Crippen LogP contribution in [-0.4, -0.2) is 13.7 Å². The van der Waals surface area contributed by atoms with E-state index in [9.17, 15) is 15.8 Å². The number of hydrogen-bond donors (Lipinski definition) is 0. The molecule has 0 amide bonds. The summed E-state index contributed by atoms with van der Waals surface area (Å²) in [7, 11) is 0. The van der Waals surface area contributed by atoms with Crippen molar-refractivity contribution in [1.82, 2.24) is 13.7 Å². The Morgan fingerprint density at radius 3 is 1.28 bits per heavy atom. The van der Waals surface area contributed by atoms with Gasteiger partial charge in [-0.15, -0.1) is 0 Å². The Labute approximate surface area is 444 Å². The van der Waals surface area contributed by atoms with Crippen LogP contribution >= 0.6 is 0 Å². The minimum absolute atomic E-state index is 0.470. The predicted octanol–water partition coefficient (Wildman–Crippen LogP) is 19.3. The molecule has 0 aliphatic rings. The first kappa shape index (κ1) is 50.9. The zero-order chi connectivity index (χ0) is 52.2. The molecule has 3 heterocycles. The van der Waals surface area contributed by atoms with Gasteiger partial charge in [-0.1, -0.05) is 172 Å². The van der Waals surface area contributed by atoms with Gasteiger partial charge in [-0.3, -0.25) is 0 Å². The minimum atomic E-state index is 0.470. The highest BCUT2D eigenvalue weighted by Gasteiger charge is 2.31. The summed E-state index contributed by atoms with van der Waals surface area (Å²) >= 11 is 0. The fraction of sp³-hybridized carbons (Fsp3) is 0.348. The molecule has 3 atom stereocenters. The lowest BCUT2D eigenvalue weighted by atomic mass is 9.97. The average molecular weight is 985 g/mol. The summed E-state index contributed by atoms with van der Waals surface area (Å²) in [5, 5.41) is 37.3. The second kappa shape index (κ2) is 22.5. The lowest BCUT2D eigenvalue weighted by Crippen LogP contribution is -2.12. The quantitative estimate of drug-likeness (QED) is 0.0719. The number of benzene rings is 7. The maximum Gasteiger partial charge on any atom is 0.0991 e. The van der Waals surface area contributed by atoms with Crippen LogP contribution in [0, 0.1) is 51.7 Å². The van der Waals surface area contributed by atoms with Gasteiger partial charge in [-0.05, 0) is 119 Å². The zero-order valence-corrected chi connectivity index (χ0v) is 45.1. The van der Waals surface area contributed by atoms with Gasteiger partial charge < -0.3 is 13.7 Å². The van der Waals surface area contributed by atoms with Crippen LogP contribution < -0.4 is 0 Å². The van der Waals surface area contributed by atoms with Crippen LogP contribution in [0.3, 0.4) is 0 Å². The number of unbranched alkanes of at least 4 members (excludes halogenated alkanes) is 3. The van der Waals surface area contributed by atoms with Crippen molar-refractivity contribution in [3.63, 3.8) is 0 Å². The Bertz CT molecular complexity index is 3800. The van der Waals surface area contributed by atoms with Crippen molar-refractivity contribution >= 4 is 65.4 Å². The van der Waals surface area contributed by atoms with E-state index in [1.807, 2.05) is 36.4 Å². The number of hydrogen-bond acceptors (Lipinski definition) is 3. The fourth-order valence-corrected chi connectivity index (χ4v) is 12.5. The zero-order valence-electron chi connectivity index (χ0n) is 45.1. The van der Waals surface area contributed by atoms with E-state index in [0.29, 0.717) is 34.4 Å². The fourth-order valence-electron chi connectivity index (χ4n) is 12.5. The van der Waals surface area contributed by atoms with Crippen LogP contribution in [0.15, 0.2) is 127 Å². The molecular weight excluding hydrogens is 913 g/mol. The maximum atomic E-state index is 9.95. The molecule has 0 saturated heterocycles. The molecular formula is C69H72N6. The molecule has 0 N–H and O–H groups in total. The van der Waals surface area contributed by atoms with E-state index < -0.39 is 0 Å². The van der Waals surface area contributed by atoms with Crippen molar-refractivity contribution in [2.45, 2.75) is 138 Å². The van der Waals surface area contributed by atoms with Crippen LogP contribution in [0.25, 0.3) is 98.8 Å². The first-order valence-corrected chi connectivity index (χ1v) is 28.3. The van der Waals surface area contributed by atoms with Gasteiger partial charge in [0.05, 0.1) is 57.0 Å². The summed E-state index contributed by atoms with van der Waals surface area (Å²) in [5.74, 6) is 1.44. The molecule has 6 nitrogen and oxygen atoms in total. The molecule has 378 valence electrons. The Morgan fingerprint density at radius 2 is 0.787 bits per heavy atom. The summed E-state index contributed by atoms with van der Waals surface area (Å²) in [6.45, 7) is 16.8. The summed E-state index contributed by atoms with van der Waals surface area (Å²) in [6.07, 6.45) is 13.9. The first-order chi connectivity index (χ1) is 36.8. The van der Waals surface area contributed by atoms with E-state index >= 15 is 0 Å². The predicted molar refractivity (Wildman–Crippen MR) is 316 cm³/mol. The molecule has 3 aromatic heterocycles. The largest absolute Gasteiger partial charge is 0.340 e. The van der Waals surface area contributed by atoms with Crippen LogP contribution in [0.5, 0.6) is 0 Å². The van der Waals surface area contributed by atoms with Gasteiger partial charge in [-0.2, -0.15) is 15.8 Å². The van der Waals surface area contributed by atoms with Crippen LogP contribution in [0.2, 0.25) is 0 Å². The molecule has 0 bridgehead atoms. The highest BCUT2D eigenvalue weighted by molar-refractivity contribution is 6.40. The number of aromatic nitrogens is 3. The van der Waals surface area contributed by atoms with E-state index in [1.54, 1.807) is 0 Å². The van der Waals surface area contributed by atoms with Crippen molar-refractivity contribution in [2.75, 3.05) is 0 Å². The van der Waals surface area contributed by atoms with Gasteiger partial charge in [0, 0.05) is 68.5 Å². The number of rotatable bonds is 21. The van der Waals surface area contributed by atoms with Crippen molar-refractivity contribution in [3.8, 4) is 51.6 Å². The molecule has 7 aromatic carbocycles. The Balaban J connectivity index is 1.47. The third kappa shape index (κ3) is 9.49. The van der Waals surface area contributed by atoms with Crippen LogP contribution in [0.4, 0.5) is 0 Å². The highest BCUT2D eigenvalue weighted by atomic mass is 15.0. The minimum Gasteiger partial charge on any atom is -0.340 e. The van der Waals surface area contributed by atoms with E-state index in [-0.39, 0.29) is 0 Å². The number of nitriles is 3. The summed E-state index contributed by atoms with van der Waals surface area (Å²) in [4.78, 5) is 0. The molecule has 75 heavy (non-hydrogen) atoms. The third-order valence-electron chi connectivity index (χ3n) is 16.9. The molecule has 0 fully saturated rings. The third-order valence-corrected chi connectivity index (χ3v) is 16.9. The Hall–Kier alpha value is -7.59. The van der Waals surface area contributed by atoms with E-state index in [0.717, 1.165) is 86.0 Å². The topological polar surface area (TPSA) is 86.2 Å². The second-order valence-corrected chi connectivity index (χ2v) is 21.5. The van der Waals surface area contributed by atoms with Gasteiger partial charge >= 0.3 is 0 Å². The van der Waals surface area contributed by atoms with E-state index in [2.05, 4.69) is 164 Å². The Morgan fingerprint density at radius 1 is 0.373 bits per heavy atom. The van der Waals surface area contributed by atoms with Crippen molar-refractivity contribution in [2.24, 2.45) is 17.8 Å². The van der Waals surface area contributed by atoms with Crippen molar-refractivity contribution in [1.29, 1.82) is 15.8 Å². The molecule has 0 radical (unpaired) electrons. The van der Waals surface area contributed by atoms with Gasteiger partial charge in [0.15, 0.2) is 0 Å². The Kier molecular flexibility index (Phi) is 15.3. The standard InChI is InChI=1S/C69H72N6/c1-7-13-17-46(10-4)43-73-61-37-35-55(52-28-22-49(40-70)23-29-52)38-60(61)65-67-63(58-36-34-56(53-30-24-50(41-71)25-31-53)39-62(58)74(67)44-47(11-5)18-14-8-2)69-64(68(65)73)59-21-16-20-57(54-32-26-51(42-72)27-33-54)66(59)75(69)45-48(12-6)19-15-9-3/h16,20-39,46-48H,7-15,17-19,43-45H2,1-6H3. The summed E-state index contributed by atoms with van der Waals surface area (Å²) in [5.41, 5.74) is 16.5. The van der Waals surface area contributed by atoms with Gasteiger partial charge in [0.2, 0.25) is 0 Å². The first-order valence-electron chi connectivity index (χ1n) is 28.3. The smallest absolute Gasteiger partial charge is 0.0991 e. The average Bonchev–Trinajstić information content (AvgIpc) is 4.16. The number of para-hydroxylation sites is 1.